The third-order valence-corrected chi connectivity index (χ3v) is 3.62. The van der Waals surface area contributed by atoms with E-state index in [0.717, 1.165) is 16.8 Å². The van der Waals surface area contributed by atoms with Gasteiger partial charge in [-0.15, -0.1) is 0 Å². The number of halogens is 1. The van der Waals surface area contributed by atoms with Crippen LogP contribution in [0.2, 0.25) is 5.02 Å². The highest BCUT2D eigenvalue weighted by molar-refractivity contribution is 7.80. The van der Waals surface area contributed by atoms with Crippen LogP contribution in [0.25, 0.3) is 0 Å². The van der Waals surface area contributed by atoms with Crippen LogP contribution in [0.1, 0.15) is 16.7 Å². The Morgan fingerprint density at radius 2 is 1.82 bits per heavy atom. The molecule has 2 rings (SSSR count). The Hall–Kier alpha value is -1.91. The minimum absolute atomic E-state index is 0.162. The lowest BCUT2D eigenvalue weighted by molar-refractivity contribution is -0.119. The fourth-order valence-corrected chi connectivity index (χ4v) is 2.42. The molecule has 0 saturated heterocycles. The molecule has 5 heteroatoms. The SMILES string of the molecule is Cc1ccc(NC(=S)NC(=O)Cc2ccc(Cl)cc2)c(C)c1. The largest absolute Gasteiger partial charge is 0.332 e. The fourth-order valence-electron chi connectivity index (χ4n) is 2.07. The van der Waals surface area contributed by atoms with Gasteiger partial charge in [-0.05, 0) is 55.4 Å². The van der Waals surface area contributed by atoms with Gasteiger partial charge in [0, 0.05) is 10.7 Å². The van der Waals surface area contributed by atoms with E-state index in [1.165, 1.54) is 5.56 Å². The van der Waals surface area contributed by atoms with E-state index in [0.29, 0.717) is 10.1 Å². The van der Waals surface area contributed by atoms with Crippen molar-refractivity contribution in [1.29, 1.82) is 0 Å². The molecule has 22 heavy (non-hydrogen) atoms. The van der Waals surface area contributed by atoms with E-state index in [2.05, 4.69) is 16.7 Å². The lowest BCUT2D eigenvalue weighted by atomic mass is 10.1. The first-order chi connectivity index (χ1) is 10.4. The van der Waals surface area contributed by atoms with Crippen molar-refractivity contribution in [3.63, 3.8) is 0 Å². The molecule has 1 amide bonds. The van der Waals surface area contributed by atoms with Gasteiger partial charge in [0.2, 0.25) is 5.91 Å². The smallest absolute Gasteiger partial charge is 0.230 e. The average Bonchev–Trinajstić information content (AvgIpc) is 2.44. The van der Waals surface area contributed by atoms with Gasteiger partial charge in [-0.25, -0.2) is 0 Å². The van der Waals surface area contributed by atoms with Crippen LogP contribution in [-0.2, 0) is 11.2 Å². The second-order valence-electron chi connectivity index (χ2n) is 5.12. The molecule has 2 aromatic carbocycles. The summed E-state index contributed by atoms with van der Waals surface area (Å²) in [6, 6.07) is 13.2. The van der Waals surface area contributed by atoms with Gasteiger partial charge in [-0.3, -0.25) is 4.79 Å². The van der Waals surface area contributed by atoms with Crippen LogP contribution in [-0.4, -0.2) is 11.0 Å². The Balaban J connectivity index is 1.91. The maximum Gasteiger partial charge on any atom is 0.230 e. The van der Waals surface area contributed by atoms with Gasteiger partial charge in [0.05, 0.1) is 6.42 Å². The maximum atomic E-state index is 12.0. The van der Waals surface area contributed by atoms with Crippen molar-refractivity contribution in [1.82, 2.24) is 5.32 Å². The molecule has 0 heterocycles. The predicted molar refractivity (Wildman–Crippen MR) is 95.4 cm³/mol. The zero-order valence-corrected chi connectivity index (χ0v) is 14.0. The maximum absolute atomic E-state index is 12.0. The number of anilines is 1. The van der Waals surface area contributed by atoms with E-state index in [9.17, 15) is 4.79 Å². The lowest BCUT2D eigenvalue weighted by Gasteiger charge is -2.12. The van der Waals surface area contributed by atoms with E-state index in [1.54, 1.807) is 12.1 Å². The number of carbonyl (C=O) groups is 1. The van der Waals surface area contributed by atoms with Crippen LogP contribution < -0.4 is 10.6 Å². The molecule has 3 nitrogen and oxygen atoms in total. The normalized spacial score (nSPS) is 10.1. The van der Waals surface area contributed by atoms with Crippen molar-refractivity contribution in [2.45, 2.75) is 20.3 Å². The molecular weight excluding hydrogens is 316 g/mol. The Kier molecular flexibility index (Phi) is 5.52. The minimum Gasteiger partial charge on any atom is -0.332 e. The molecule has 114 valence electrons. The van der Waals surface area contributed by atoms with E-state index < -0.39 is 0 Å². The number of aryl methyl sites for hydroxylation is 2. The first kappa shape index (κ1) is 16.5. The number of benzene rings is 2. The summed E-state index contributed by atoms with van der Waals surface area (Å²) in [6.07, 6.45) is 0.256. The van der Waals surface area contributed by atoms with E-state index in [1.807, 2.05) is 38.1 Å². The number of hydrogen-bond acceptors (Lipinski definition) is 2. The molecule has 0 aliphatic rings. The van der Waals surface area contributed by atoms with Crippen molar-refractivity contribution in [2.24, 2.45) is 0 Å². The van der Waals surface area contributed by atoms with Gasteiger partial charge in [-0.1, -0.05) is 41.4 Å². The summed E-state index contributed by atoms with van der Waals surface area (Å²) in [5, 5.41) is 6.67. The quantitative estimate of drug-likeness (QED) is 0.834. The molecule has 0 atom stereocenters. The van der Waals surface area contributed by atoms with E-state index >= 15 is 0 Å². The molecular formula is C17H17ClN2OS. The average molecular weight is 333 g/mol. The third-order valence-electron chi connectivity index (χ3n) is 3.16. The van der Waals surface area contributed by atoms with Crippen molar-refractivity contribution in [3.05, 3.63) is 64.2 Å². The molecule has 0 fully saturated rings. The second kappa shape index (κ2) is 7.38. The van der Waals surface area contributed by atoms with Crippen molar-refractivity contribution in [2.75, 3.05) is 5.32 Å². The highest BCUT2D eigenvalue weighted by Crippen LogP contribution is 2.15. The van der Waals surface area contributed by atoms with Crippen LogP contribution in [0.5, 0.6) is 0 Å². The summed E-state index contributed by atoms with van der Waals surface area (Å²) < 4.78 is 0. The topological polar surface area (TPSA) is 41.1 Å². The summed E-state index contributed by atoms with van der Waals surface area (Å²) in [6.45, 7) is 4.02. The first-order valence-corrected chi connectivity index (χ1v) is 7.65. The Bertz CT molecular complexity index is 698. The van der Waals surface area contributed by atoms with Gasteiger partial charge >= 0.3 is 0 Å². The molecule has 0 saturated carbocycles. The van der Waals surface area contributed by atoms with Gasteiger partial charge in [-0.2, -0.15) is 0 Å². The molecule has 0 aliphatic carbocycles. The number of rotatable bonds is 3. The van der Waals surface area contributed by atoms with Gasteiger partial charge in [0.1, 0.15) is 0 Å². The Morgan fingerprint density at radius 3 is 2.45 bits per heavy atom. The second-order valence-corrected chi connectivity index (χ2v) is 5.97. The molecule has 0 unspecified atom stereocenters. The Labute approximate surface area is 140 Å². The number of nitrogens with one attached hydrogen (secondary N) is 2. The molecule has 0 aromatic heterocycles. The highest BCUT2D eigenvalue weighted by atomic mass is 35.5. The molecule has 0 bridgehead atoms. The third kappa shape index (κ3) is 4.83. The van der Waals surface area contributed by atoms with E-state index in [4.69, 9.17) is 23.8 Å². The highest BCUT2D eigenvalue weighted by Gasteiger charge is 2.07. The number of carbonyl (C=O) groups excluding carboxylic acids is 1. The fraction of sp³-hybridized carbons (Fsp3) is 0.176. The summed E-state index contributed by atoms with van der Waals surface area (Å²) in [7, 11) is 0. The van der Waals surface area contributed by atoms with Crippen LogP contribution in [0.15, 0.2) is 42.5 Å². The zero-order valence-electron chi connectivity index (χ0n) is 12.4. The molecule has 0 radical (unpaired) electrons. The Morgan fingerprint density at radius 1 is 1.14 bits per heavy atom. The monoisotopic (exact) mass is 332 g/mol. The molecule has 2 N–H and O–H groups in total. The standard InChI is InChI=1S/C17H17ClN2OS/c1-11-3-8-15(12(2)9-11)19-17(22)20-16(21)10-13-4-6-14(18)7-5-13/h3-9H,10H2,1-2H3,(H2,19,20,21,22). The minimum atomic E-state index is -0.162. The van der Waals surface area contributed by atoms with Crippen molar-refractivity contribution >= 4 is 40.5 Å². The molecule has 2 aromatic rings. The molecule has 0 spiro atoms. The summed E-state index contributed by atoms with van der Waals surface area (Å²) in [5.41, 5.74) is 4.04. The van der Waals surface area contributed by atoms with Crippen LogP contribution in [0.3, 0.4) is 0 Å². The summed E-state index contributed by atoms with van der Waals surface area (Å²) in [5.74, 6) is -0.162. The molecule has 0 aliphatic heterocycles. The number of hydrogen-bond donors (Lipinski definition) is 2. The van der Waals surface area contributed by atoms with Gasteiger partial charge < -0.3 is 10.6 Å². The first-order valence-electron chi connectivity index (χ1n) is 6.86. The summed E-state index contributed by atoms with van der Waals surface area (Å²) in [4.78, 5) is 12.0. The summed E-state index contributed by atoms with van der Waals surface area (Å²) >= 11 is 11.0. The zero-order chi connectivity index (χ0) is 16.1. The van der Waals surface area contributed by atoms with Crippen molar-refractivity contribution < 1.29 is 4.79 Å². The number of amides is 1. The lowest BCUT2D eigenvalue weighted by Crippen LogP contribution is -2.35. The van der Waals surface area contributed by atoms with Crippen LogP contribution >= 0.6 is 23.8 Å². The van der Waals surface area contributed by atoms with E-state index in [-0.39, 0.29) is 12.3 Å². The predicted octanol–water partition coefficient (Wildman–Crippen LogP) is 4.01. The van der Waals surface area contributed by atoms with Crippen LogP contribution in [0, 0.1) is 13.8 Å². The van der Waals surface area contributed by atoms with Crippen LogP contribution in [0.4, 0.5) is 5.69 Å². The van der Waals surface area contributed by atoms with Gasteiger partial charge in [0.25, 0.3) is 0 Å². The van der Waals surface area contributed by atoms with Crippen molar-refractivity contribution in [3.8, 4) is 0 Å². The number of thiocarbonyl (C=S) groups is 1. The van der Waals surface area contributed by atoms with Gasteiger partial charge in [0.15, 0.2) is 5.11 Å².